The highest BCUT2D eigenvalue weighted by atomic mass is 19.4. The molecular formula is C17H16F3NO2. The third kappa shape index (κ3) is 5.02. The summed E-state index contributed by atoms with van der Waals surface area (Å²) in [5.74, 6) is 0.332. The molecule has 2 rings (SSSR count). The van der Waals surface area contributed by atoms with E-state index in [0.717, 1.165) is 12.1 Å². The Morgan fingerprint density at radius 2 is 1.83 bits per heavy atom. The fraction of sp³-hybridized carbons (Fsp3) is 0.235. The fourth-order valence-electron chi connectivity index (χ4n) is 2.03. The first-order valence-corrected chi connectivity index (χ1v) is 7.07. The van der Waals surface area contributed by atoms with Gasteiger partial charge in [-0.15, -0.1) is 0 Å². The molecule has 3 nitrogen and oxygen atoms in total. The molecule has 2 aromatic carbocycles. The number of anilines is 1. The topological polar surface area (TPSA) is 38.3 Å². The summed E-state index contributed by atoms with van der Waals surface area (Å²) in [5.41, 5.74) is 0.357. The van der Waals surface area contributed by atoms with E-state index in [0.29, 0.717) is 23.6 Å². The van der Waals surface area contributed by atoms with Crippen LogP contribution in [0.25, 0.3) is 0 Å². The number of benzene rings is 2. The predicted molar refractivity (Wildman–Crippen MR) is 81.4 cm³/mol. The van der Waals surface area contributed by atoms with Gasteiger partial charge < -0.3 is 10.1 Å². The van der Waals surface area contributed by atoms with E-state index in [-0.39, 0.29) is 12.3 Å². The summed E-state index contributed by atoms with van der Waals surface area (Å²) >= 11 is 0. The van der Waals surface area contributed by atoms with E-state index in [1.165, 1.54) is 12.1 Å². The number of halogens is 3. The highest BCUT2D eigenvalue weighted by molar-refractivity contribution is 5.92. The second-order valence-electron chi connectivity index (χ2n) is 4.88. The molecule has 0 saturated carbocycles. The molecule has 1 N–H and O–H groups in total. The van der Waals surface area contributed by atoms with Gasteiger partial charge in [0.1, 0.15) is 5.75 Å². The van der Waals surface area contributed by atoms with Crippen molar-refractivity contribution in [1.82, 2.24) is 0 Å². The summed E-state index contributed by atoms with van der Waals surface area (Å²) in [4.78, 5) is 12.0. The molecule has 0 fully saturated rings. The zero-order chi connectivity index (χ0) is 16.9. The molecule has 1 amide bonds. The monoisotopic (exact) mass is 323 g/mol. The second-order valence-corrected chi connectivity index (χ2v) is 4.88. The molecule has 122 valence electrons. The molecule has 0 saturated heterocycles. The SMILES string of the molecule is CCOc1cccc(NC(=O)Cc2ccc(C(F)(F)F)cc2)c1. The molecule has 6 heteroatoms. The maximum atomic E-state index is 12.5. The van der Waals surface area contributed by atoms with Crippen LogP contribution in [0.5, 0.6) is 5.75 Å². The van der Waals surface area contributed by atoms with Crippen LogP contribution < -0.4 is 10.1 Å². The maximum Gasteiger partial charge on any atom is 0.416 e. The number of rotatable bonds is 5. The predicted octanol–water partition coefficient (Wildman–Crippen LogP) is 4.29. The van der Waals surface area contributed by atoms with Crippen molar-refractivity contribution < 1.29 is 22.7 Å². The number of carbonyl (C=O) groups is 1. The van der Waals surface area contributed by atoms with E-state index in [4.69, 9.17) is 4.74 Å². The van der Waals surface area contributed by atoms with Gasteiger partial charge in [0.15, 0.2) is 0 Å². The maximum absolute atomic E-state index is 12.5. The smallest absolute Gasteiger partial charge is 0.416 e. The fourth-order valence-corrected chi connectivity index (χ4v) is 2.03. The summed E-state index contributed by atoms with van der Waals surface area (Å²) in [7, 11) is 0. The number of amides is 1. The summed E-state index contributed by atoms with van der Waals surface area (Å²) in [6, 6.07) is 11.5. The van der Waals surface area contributed by atoms with E-state index >= 15 is 0 Å². The van der Waals surface area contributed by atoms with Crippen LogP contribution in [0, 0.1) is 0 Å². The molecular weight excluding hydrogens is 307 g/mol. The van der Waals surface area contributed by atoms with Gasteiger partial charge >= 0.3 is 6.18 Å². The van der Waals surface area contributed by atoms with Gasteiger partial charge in [-0.3, -0.25) is 4.79 Å². The molecule has 0 aliphatic rings. The van der Waals surface area contributed by atoms with Crippen molar-refractivity contribution in [3.05, 3.63) is 59.7 Å². The summed E-state index contributed by atoms with van der Waals surface area (Å²) < 4.78 is 42.8. The molecule has 0 atom stereocenters. The van der Waals surface area contributed by atoms with Gasteiger partial charge in [-0.05, 0) is 36.8 Å². The lowest BCUT2D eigenvalue weighted by molar-refractivity contribution is -0.137. The Bertz CT molecular complexity index is 666. The van der Waals surface area contributed by atoms with E-state index in [2.05, 4.69) is 5.32 Å². The Kier molecular flexibility index (Phi) is 5.26. The Morgan fingerprint density at radius 3 is 2.43 bits per heavy atom. The van der Waals surface area contributed by atoms with Crippen molar-refractivity contribution in [2.75, 3.05) is 11.9 Å². The third-order valence-electron chi connectivity index (χ3n) is 3.07. The average Bonchev–Trinajstić information content (AvgIpc) is 2.47. The van der Waals surface area contributed by atoms with Gasteiger partial charge in [-0.25, -0.2) is 0 Å². The first kappa shape index (κ1) is 16.9. The van der Waals surface area contributed by atoms with Gasteiger partial charge in [0.25, 0.3) is 0 Å². The molecule has 0 aliphatic heterocycles. The number of nitrogens with one attached hydrogen (secondary N) is 1. The normalized spacial score (nSPS) is 11.1. The third-order valence-corrected chi connectivity index (χ3v) is 3.07. The van der Waals surface area contributed by atoms with Gasteiger partial charge in [0.05, 0.1) is 18.6 Å². The van der Waals surface area contributed by atoms with Crippen LogP contribution in [0.1, 0.15) is 18.1 Å². The molecule has 0 aliphatic carbocycles. The highest BCUT2D eigenvalue weighted by Crippen LogP contribution is 2.29. The number of alkyl halides is 3. The Labute approximate surface area is 132 Å². The van der Waals surface area contributed by atoms with Crippen LogP contribution in [-0.2, 0) is 17.4 Å². The molecule has 0 spiro atoms. The zero-order valence-electron chi connectivity index (χ0n) is 12.5. The van der Waals surface area contributed by atoms with Gasteiger partial charge in [-0.1, -0.05) is 18.2 Å². The quantitative estimate of drug-likeness (QED) is 0.891. The molecule has 0 aromatic heterocycles. The lowest BCUT2D eigenvalue weighted by Gasteiger charge is -2.09. The second kappa shape index (κ2) is 7.17. The van der Waals surface area contributed by atoms with Gasteiger partial charge in [0, 0.05) is 11.8 Å². The van der Waals surface area contributed by atoms with Gasteiger partial charge in [-0.2, -0.15) is 13.2 Å². The summed E-state index contributed by atoms with van der Waals surface area (Å²) in [6.45, 7) is 2.37. The lowest BCUT2D eigenvalue weighted by Crippen LogP contribution is -2.14. The Hall–Kier alpha value is -2.50. The Balaban J connectivity index is 1.98. The van der Waals surface area contributed by atoms with Crippen molar-refractivity contribution in [3.8, 4) is 5.75 Å². The van der Waals surface area contributed by atoms with Crippen LogP contribution in [0.2, 0.25) is 0 Å². The number of hydrogen-bond acceptors (Lipinski definition) is 2. The van der Waals surface area contributed by atoms with E-state index in [9.17, 15) is 18.0 Å². The molecule has 0 heterocycles. The van der Waals surface area contributed by atoms with E-state index in [1.54, 1.807) is 24.3 Å². The number of ether oxygens (including phenoxy) is 1. The standard InChI is InChI=1S/C17H16F3NO2/c1-2-23-15-5-3-4-14(11-15)21-16(22)10-12-6-8-13(9-7-12)17(18,19)20/h3-9,11H,2,10H2,1H3,(H,21,22). The molecule has 0 radical (unpaired) electrons. The number of hydrogen-bond donors (Lipinski definition) is 1. The highest BCUT2D eigenvalue weighted by Gasteiger charge is 2.29. The first-order chi connectivity index (χ1) is 10.9. The minimum absolute atomic E-state index is 0.00298. The molecule has 2 aromatic rings. The van der Waals surface area contributed by atoms with Crippen molar-refractivity contribution in [2.24, 2.45) is 0 Å². The van der Waals surface area contributed by atoms with Crippen LogP contribution in [0.3, 0.4) is 0 Å². The van der Waals surface area contributed by atoms with E-state index in [1.807, 2.05) is 6.92 Å². The van der Waals surface area contributed by atoms with Gasteiger partial charge in [0.2, 0.25) is 5.91 Å². The molecule has 0 bridgehead atoms. The van der Waals surface area contributed by atoms with Crippen molar-refractivity contribution in [1.29, 1.82) is 0 Å². The van der Waals surface area contributed by atoms with Crippen molar-refractivity contribution in [3.63, 3.8) is 0 Å². The largest absolute Gasteiger partial charge is 0.494 e. The summed E-state index contributed by atoms with van der Waals surface area (Å²) in [6.07, 6.45) is -4.38. The average molecular weight is 323 g/mol. The zero-order valence-corrected chi connectivity index (χ0v) is 12.5. The Morgan fingerprint density at radius 1 is 1.13 bits per heavy atom. The van der Waals surface area contributed by atoms with Crippen LogP contribution >= 0.6 is 0 Å². The summed E-state index contributed by atoms with van der Waals surface area (Å²) in [5, 5.41) is 2.69. The minimum atomic E-state index is -4.37. The molecule has 23 heavy (non-hydrogen) atoms. The lowest BCUT2D eigenvalue weighted by atomic mass is 10.1. The van der Waals surface area contributed by atoms with Crippen molar-refractivity contribution >= 4 is 11.6 Å². The minimum Gasteiger partial charge on any atom is -0.494 e. The van der Waals surface area contributed by atoms with Crippen LogP contribution in [0.4, 0.5) is 18.9 Å². The van der Waals surface area contributed by atoms with Crippen LogP contribution in [0.15, 0.2) is 48.5 Å². The van der Waals surface area contributed by atoms with Crippen molar-refractivity contribution in [2.45, 2.75) is 19.5 Å². The molecule has 0 unspecified atom stereocenters. The van der Waals surface area contributed by atoms with Crippen LogP contribution in [-0.4, -0.2) is 12.5 Å². The number of carbonyl (C=O) groups excluding carboxylic acids is 1. The first-order valence-electron chi connectivity index (χ1n) is 7.07. The van der Waals surface area contributed by atoms with E-state index < -0.39 is 11.7 Å².